The molecule has 0 unspecified atom stereocenters. The highest BCUT2D eigenvalue weighted by atomic mass is 32.1. The Bertz CT molecular complexity index is 704. The number of hydrogen-bond acceptors (Lipinski definition) is 4. The first kappa shape index (κ1) is 14.9. The van der Waals surface area contributed by atoms with Crippen LogP contribution in [0, 0.1) is 0 Å². The molecule has 0 atom stereocenters. The van der Waals surface area contributed by atoms with E-state index in [-0.39, 0.29) is 0 Å². The van der Waals surface area contributed by atoms with Gasteiger partial charge in [-0.25, -0.2) is 0 Å². The maximum absolute atomic E-state index is 4.62. The van der Waals surface area contributed by atoms with Gasteiger partial charge in [-0.05, 0) is 42.6 Å². The lowest BCUT2D eigenvalue weighted by atomic mass is 10.1. The van der Waals surface area contributed by atoms with Crippen molar-refractivity contribution < 1.29 is 0 Å². The van der Waals surface area contributed by atoms with Crippen molar-refractivity contribution in [3.05, 3.63) is 59.4 Å². The van der Waals surface area contributed by atoms with Crippen LogP contribution in [0.2, 0.25) is 0 Å². The van der Waals surface area contributed by atoms with Crippen LogP contribution < -0.4 is 0 Å². The van der Waals surface area contributed by atoms with Gasteiger partial charge in [-0.15, -0.1) is 11.3 Å². The fraction of sp³-hybridized carbons (Fsp3) is 0.294. The molecule has 3 rings (SSSR count). The number of pyridine rings is 1. The van der Waals surface area contributed by atoms with Crippen molar-refractivity contribution in [2.45, 2.75) is 13.0 Å². The molecule has 4 nitrogen and oxygen atoms in total. The van der Waals surface area contributed by atoms with Crippen LogP contribution in [-0.2, 0) is 20.0 Å². The summed E-state index contributed by atoms with van der Waals surface area (Å²) in [6.07, 6.45) is 6.86. The molecule has 22 heavy (non-hydrogen) atoms. The molecule has 5 heteroatoms. The van der Waals surface area contributed by atoms with Crippen LogP contribution in [0.1, 0.15) is 11.1 Å². The van der Waals surface area contributed by atoms with E-state index >= 15 is 0 Å². The quantitative estimate of drug-likeness (QED) is 0.701. The monoisotopic (exact) mass is 312 g/mol. The van der Waals surface area contributed by atoms with Crippen LogP contribution in [0.25, 0.3) is 10.6 Å². The average Bonchev–Trinajstić information content (AvgIpc) is 3.16. The minimum atomic E-state index is 0.909. The summed E-state index contributed by atoms with van der Waals surface area (Å²) in [5.41, 5.74) is 3.71. The fourth-order valence-corrected chi connectivity index (χ4v) is 3.26. The summed E-state index contributed by atoms with van der Waals surface area (Å²) < 4.78 is 1.90. The van der Waals surface area contributed by atoms with Crippen LogP contribution in [0.3, 0.4) is 0 Å². The van der Waals surface area contributed by atoms with Gasteiger partial charge in [0, 0.05) is 44.3 Å². The average molecular weight is 312 g/mol. The topological polar surface area (TPSA) is 34.0 Å². The van der Waals surface area contributed by atoms with Crippen molar-refractivity contribution in [3.8, 4) is 10.6 Å². The molecule has 3 aromatic heterocycles. The van der Waals surface area contributed by atoms with Gasteiger partial charge in [0.15, 0.2) is 0 Å². The summed E-state index contributed by atoms with van der Waals surface area (Å²) in [5.74, 6) is 0. The van der Waals surface area contributed by atoms with Gasteiger partial charge in [-0.2, -0.15) is 5.10 Å². The lowest BCUT2D eigenvalue weighted by molar-refractivity contribution is 0.331. The highest BCUT2D eigenvalue weighted by Crippen LogP contribution is 2.27. The van der Waals surface area contributed by atoms with E-state index in [1.807, 2.05) is 24.1 Å². The summed E-state index contributed by atoms with van der Waals surface area (Å²) in [6, 6.07) is 8.36. The van der Waals surface area contributed by atoms with Crippen molar-refractivity contribution in [3.63, 3.8) is 0 Å². The first-order chi connectivity index (χ1) is 10.7. The van der Waals surface area contributed by atoms with Gasteiger partial charge in [0.25, 0.3) is 0 Å². The Hall–Kier alpha value is -1.98. The van der Waals surface area contributed by atoms with Crippen molar-refractivity contribution >= 4 is 11.3 Å². The Balaban J connectivity index is 1.65. The van der Waals surface area contributed by atoms with Crippen molar-refractivity contribution in [2.75, 3.05) is 13.6 Å². The molecule has 0 N–H and O–H groups in total. The maximum atomic E-state index is 4.62. The van der Waals surface area contributed by atoms with Gasteiger partial charge >= 0.3 is 0 Å². The zero-order valence-electron chi connectivity index (χ0n) is 12.9. The summed E-state index contributed by atoms with van der Waals surface area (Å²) in [5, 5.41) is 6.71. The predicted molar refractivity (Wildman–Crippen MR) is 90.8 cm³/mol. The molecular weight excluding hydrogens is 292 g/mol. The molecule has 0 aliphatic rings. The number of likely N-dealkylation sites (N-methyl/N-ethyl adjacent to an activating group) is 1. The maximum Gasteiger partial charge on any atom is 0.107 e. The standard InChI is InChI=1S/C17H20N4S/c1-20(10-7-14-5-8-18-9-6-14)12-15-13-21(2)19-17(15)16-4-3-11-22-16/h3-6,8-9,11,13H,7,10,12H2,1-2H3. The molecule has 0 saturated heterocycles. The second-order valence-electron chi connectivity index (χ2n) is 5.50. The molecular formula is C17H20N4S. The van der Waals surface area contributed by atoms with Crippen LogP contribution in [0.5, 0.6) is 0 Å². The smallest absolute Gasteiger partial charge is 0.107 e. The number of nitrogens with zero attached hydrogens (tertiary/aromatic N) is 4. The summed E-state index contributed by atoms with van der Waals surface area (Å²) >= 11 is 1.74. The van der Waals surface area contributed by atoms with Crippen molar-refractivity contribution in [1.29, 1.82) is 0 Å². The molecule has 0 aliphatic carbocycles. The minimum absolute atomic E-state index is 0.909. The lowest BCUT2D eigenvalue weighted by Gasteiger charge is -2.16. The molecule has 114 valence electrons. The molecule has 0 saturated carbocycles. The highest BCUT2D eigenvalue weighted by molar-refractivity contribution is 7.13. The number of hydrogen-bond donors (Lipinski definition) is 0. The van der Waals surface area contributed by atoms with Crippen LogP contribution >= 0.6 is 11.3 Å². The number of thiophene rings is 1. The van der Waals surface area contributed by atoms with Crippen molar-refractivity contribution in [2.24, 2.45) is 7.05 Å². The predicted octanol–water partition coefficient (Wildman–Crippen LogP) is 3.22. The molecule has 0 bridgehead atoms. The zero-order chi connectivity index (χ0) is 15.4. The first-order valence-electron chi connectivity index (χ1n) is 7.36. The van der Waals surface area contributed by atoms with E-state index in [9.17, 15) is 0 Å². The molecule has 0 amide bonds. The van der Waals surface area contributed by atoms with Gasteiger partial charge in [0.2, 0.25) is 0 Å². The Morgan fingerprint density at radius 3 is 2.77 bits per heavy atom. The molecule has 0 spiro atoms. The summed E-state index contributed by atoms with van der Waals surface area (Å²) in [4.78, 5) is 7.64. The summed E-state index contributed by atoms with van der Waals surface area (Å²) in [7, 11) is 4.14. The highest BCUT2D eigenvalue weighted by Gasteiger charge is 2.12. The molecule has 3 heterocycles. The SMILES string of the molecule is CN(CCc1ccncc1)Cc1cn(C)nc1-c1cccs1. The van der Waals surface area contributed by atoms with Gasteiger partial charge in [0.05, 0.1) is 4.88 Å². The van der Waals surface area contributed by atoms with E-state index in [1.54, 1.807) is 11.3 Å². The van der Waals surface area contributed by atoms with Crippen LogP contribution in [0.4, 0.5) is 0 Å². The third kappa shape index (κ3) is 3.61. The van der Waals surface area contributed by atoms with Crippen molar-refractivity contribution in [1.82, 2.24) is 19.7 Å². The lowest BCUT2D eigenvalue weighted by Crippen LogP contribution is -2.20. The number of rotatable bonds is 6. The third-order valence-electron chi connectivity index (χ3n) is 3.63. The van der Waals surface area contributed by atoms with E-state index in [1.165, 1.54) is 16.0 Å². The largest absolute Gasteiger partial charge is 0.302 e. The molecule has 0 radical (unpaired) electrons. The number of aryl methyl sites for hydroxylation is 1. The van der Waals surface area contributed by atoms with Gasteiger partial charge < -0.3 is 4.90 Å². The second-order valence-corrected chi connectivity index (χ2v) is 6.44. The molecule has 0 aliphatic heterocycles. The second kappa shape index (κ2) is 6.85. The third-order valence-corrected chi connectivity index (χ3v) is 4.51. The Morgan fingerprint density at radius 2 is 2.05 bits per heavy atom. The first-order valence-corrected chi connectivity index (χ1v) is 8.24. The van der Waals surface area contributed by atoms with E-state index in [0.717, 1.165) is 25.2 Å². The van der Waals surface area contributed by atoms with Crippen LogP contribution in [0.15, 0.2) is 48.2 Å². The number of aromatic nitrogens is 3. The molecule has 3 aromatic rings. The summed E-state index contributed by atoms with van der Waals surface area (Å²) in [6.45, 7) is 1.93. The minimum Gasteiger partial charge on any atom is -0.302 e. The Kier molecular flexibility index (Phi) is 4.65. The van der Waals surface area contributed by atoms with Gasteiger partial charge in [-0.1, -0.05) is 6.07 Å². The van der Waals surface area contributed by atoms with Gasteiger partial charge in [0.1, 0.15) is 5.69 Å². The normalized spacial score (nSPS) is 11.2. The van der Waals surface area contributed by atoms with E-state index in [4.69, 9.17) is 0 Å². The molecule has 0 aromatic carbocycles. The Morgan fingerprint density at radius 1 is 1.23 bits per heavy atom. The van der Waals surface area contributed by atoms with E-state index in [2.05, 4.69) is 57.9 Å². The zero-order valence-corrected chi connectivity index (χ0v) is 13.8. The van der Waals surface area contributed by atoms with E-state index < -0.39 is 0 Å². The van der Waals surface area contributed by atoms with Crippen LogP contribution in [-0.4, -0.2) is 33.3 Å². The van der Waals surface area contributed by atoms with E-state index in [0.29, 0.717) is 0 Å². The van der Waals surface area contributed by atoms with Gasteiger partial charge in [-0.3, -0.25) is 9.67 Å². The fourth-order valence-electron chi connectivity index (χ4n) is 2.51. The molecule has 0 fully saturated rings. The Labute approximate surface area is 135 Å².